The smallest absolute Gasteiger partial charge is 0.226 e. The van der Waals surface area contributed by atoms with E-state index in [4.69, 9.17) is 4.42 Å². The molecule has 0 radical (unpaired) electrons. The van der Waals surface area contributed by atoms with Crippen molar-refractivity contribution in [1.82, 2.24) is 10.3 Å². The Kier molecular flexibility index (Phi) is 3.72. The predicted molar refractivity (Wildman–Crippen MR) is 63.8 cm³/mol. The van der Waals surface area contributed by atoms with Crippen LogP contribution in [0.4, 0.5) is 8.78 Å². The Morgan fingerprint density at radius 1 is 1.28 bits per heavy atom. The van der Waals surface area contributed by atoms with Gasteiger partial charge in [-0.05, 0) is 18.2 Å². The molecule has 1 aromatic carbocycles. The number of halogens is 2. The molecule has 0 unspecified atom stereocenters. The Bertz CT molecular complexity index is 538. The number of oxazole rings is 1. The van der Waals surface area contributed by atoms with Crippen LogP contribution in [0.15, 0.2) is 28.9 Å². The van der Waals surface area contributed by atoms with E-state index in [-0.39, 0.29) is 5.89 Å². The summed E-state index contributed by atoms with van der Waals surface area (Å²) >= 11 is 0. The van der Waals surface area contributed by atoms with E-state index in [1.165, 1.54) is 12.3 Å². The molecule has 1 N–H and O–H groups in total. The second-order valence-electron chi connectivity index (χ2n) is 4.31. The number of nitrogens with zero attached hydrogens (tertiary/aromatic N) is 1. The van der Waals surface area contributed by atoms with Crippen LogP contribution in [-0.4, -0.2) is 11.0 Å². The molecule has 2 rings (SSSR count). The maximum atomic E-state index is 13.1. The van der Waals surface area contributed by atoms with Gasteiger partial charge in [-0.1, -0.05) is 13.8 Å². The summed E-state index contributed by atoms with van der Waals surface area (Å²) < 4.78 is 31.1. The molecule has 18 heavy (non-hydrogen) atoms. The van der Waals surface area contributed by atoms with E-state index in [0.29, 0.717) is 18.2 Å². The van der Waals surface area contributed by atoms with E-state index < -0.39 is 11.6 Å². The fraction of sp³-hybridized carbons (Fsp3) is 0.308. The summed E-state index contributed by atoms with van der Waals surface area (Å²) in [4.78, 5) is 4.20. The first-order valence-corrected chi connectivity index (χ1v) is 5.69. The summed E-state index contributed by atoms with van der Waals surface area (Å²) in [6, 6.07) is 3.90. The third kappa shape index (κ3) is 2.92. The molecule has 0 fully saturated rings. The molecule has 1 aromatic heterocycles. The van der Waals surface area contributed by atoms with Crippen LogP contribution in [0.2, 0.25) is 0 Å². The molecule has 0 spiro atoms. The zero-order valence-corrected chi connectivity index (χ0v) is 10.2. The second-order valence-corrected chi connectivity index (χ2v) is 4.31. The molecule has 96 valence electrons. The highest BCUT2D eigenvalue weighted by molar-refractivity contribution is 5.53. The normalized spacial score (nSPS) is 11.2. The van der Waals surface area contributed by atoms with E-state index in [9.17, 15) is 8.78 Å². The zero-order chi connectivity index (χ0) is 13.1. The van der Waals surface area contributed by atoms with Crippen LogP contribution >= 0.6 is 0 Å². The molecule has 0 saturated heterocycles. The topological polar surface area (TPSA) is 38.1 Å². The summed E-state index contributed by atoms with van der Waals surface area (Å²) in [6.45, 7) is 4.62. The monoisotopic (exact) mass is 252 g/mol. The van der Waals surface area contributed by atoms with Crippen molar-refractivity contribution in [3.8, 4) is 11.5 Å². The molecule has 1 heterocycles. The minimum absolute atomic E-state index is 0.287. The van der Waals surface area contributed by atoms with E-state index in [1.54, 1.807) is 0 Å². The number of rotatable bonds is 4. The molecule has 0 bridgehead atoms. The van der Waals surface area contributed by atoms with Crippen LogP contribution in [0.3, 0.4) is 0 Å². The average molecular weight is 252 g/mol. The summed E-state index contributed by atoms with van der Waals surface area (Å²) in [5.41, 5.74) is 1.15. The van der Waals surface area contributed by atoms with Crippen molar-refractivity contribution in [2.24, 2.45) is 0 Å². The molecule has 0 aliphatic heterocycles. The maximum absolute atomic E-state index is 13.1. The van der Waals surface area contributed by atoms with Gasteiger partial charge >= 0.3 is 0 Å². The summed E-state index contributed by atoms with van der Waals surface area (Å²) in [5, 5.41) is 3.19. The van der Waals surface area contributed by atoms with E-state index in [2.05, 4.69) is 10.3 Å². The lowest BCUT2D eigenvalue weighted by Gasteiger charge is -2.04. The standard InChI is InChI=1S/C13H14F2N2O/c1-8(2)16-6-10-7-18-13(17-10)9-3-4-11(14)12(15)5-9/h3-5,7-8,16H,6H2,1-2H3. The van der Waals surface area contributed by atoms with Crippen LogP contribution < -0.4 is 5.32 Å². The molecule has 3 nitrogen and oxygen atoms in total. The first-order valence-electron chi connectivity index (χ1n) is 5.69. The van der Waals surface area contributed by atoms with Gasteiger partial charge in [-0.25, -0.2) is 13.8 Å². The third-order valence-corrected chi connectivity index (χ3v) is 2.41. The SMILES string of the molecule is CC(C)NCc1coc(-c2ccc(F)c(F)c2)n1. The van der Waals surface area contributed by atoms with Gasteiger partial charge in [-0.15, -0.1) is 0 Å². The van der Waals surface area contributed by atoms with Gasteiger partial charge in [0.25, 0.3) is 0 Å². The Balaban J connectivity index is 2.16. The molecule has 0 amide bonds. The number of hydrogen-bond donors (Lipinski definition) is 1. The van der Waals surface area contributed by atoms with Crippen LogP contribution in [0.5, 0.6) is 0 Å². The number of benzene rings is 1. The molecular weight excluding hydrogens is 238 g/mol. The van der Waals surface area contributed by atoms with E-state index in [1.807, 2.05) is 13.8 Å². The fourth-order valence-corrected chi connectivity index (χ4v) is 1.46. The van der Waals surface area contributed by atoms with Crippen LogP contribution in [0, 0.1) is 11.6 Å². The molecule has 2 aromatic rings. The minimum Gasteiger partial charge on any atom is -0.444 e. The van der Waals surface area contributed by atoms with Gasteiger partial charge in [-0.2, -0.15) is 0 Å². The Hall–Kier alpha value is -1.75. The van der Waals surface area contributed by atoms with Gasteiger partial charge in [-0.3, -0.25) is 0 Å². The highest BCUT2D eigenvalue weighted by atomic mass is 19.2. The van der Waals surface area contributed by atoms with Gasteiger partial charge in [0.1, 0.15) is 6.26 Å². The Morgan fingerprint density at radius 2 is 2.06 bits per heavy atom. The largest absolute Gasteiger partial charge is 0.444 e. The fourth-order valence-electron chi connectivity index (χ4n) is 1.46. The van der Waals surface area contributed by atoms with Crippen LogP contribution in [0.25, 0.3) is 11.5 Å². The number of aromatic nitrogens is 1. The van der Waals surface area contributed by atoms with E-state index >= 15 is 0 Å². The van der Waals surface area contributed by atoms with Crippen LogP contribution in [-0.2, 0) is 6.54 Å². The average Bonchev–Trinajstić information content (AvgIpc) is 2.79. The summed E-state index contributed by atoms with van der Waals surface area (Å²) in [6.07, 6.45) is 1.51. The first kappa shape index (κ1) is 12.7. The summed E-state index contributed by atoms with van der Waals surface area (Å²) in [5.74, 6) is -1.51. The maximum Gasteiger partial charge on any atom is 0.226 e. The quantitative estimate of drug-likeness (QED) is 0.908. The van der Waals surface area contributed by atoms with Crippen molar-refractivity contribution in [1.29, 1.82) is 0 Å². The Morgan fingerprint density at radius 3 is 2.72 bits per heavy atom. The van der Waals surface area contributed by atoms with Crippen LogP contribution in [0.1, 0.15) is 19.5 Å². The molecule has 0 atom stereocenters. The molecule has 0 saturated carbocycles. The van der Waals surface area contributed by atoms with Crippen molar-refractivity contribution in [2.45, 2.75) is 26.4 Å². The second kappa shape index (κ2) is 5.27. The lowest BCUT2D eigenvalue weighted by atomic mass is 10.2. The van der Waals surface area contributed by atoms with Crippen molar-refractivity contribution in [2.75, 3.05) is 0 Å². The Labute approximate surface area is 104 Å². The third-order valence-electron chi connectivity index (χ3n) is 2.41. The summed E-state index contributed by atoms with van der Waals surface area (Å²) in [7, 11) is 0. The predicted octanol–water partition coefficient (Wildman–Crippen LogP) is 3.12. The zero-order valence-electron chi connectivity index (χ0n) is 10.2. The number of hydrogen-bond acceptors (Lipinski definition) is 3. The molecule has 0 aliphatic rings. The van der Waals surface area contributed by atoms with Gasteiger partial charge in [0.2, 0.25) is 5.89 Å². The molecule has 5 heteroatoms. The van der Waals surface area contributed by atoms with Crippen molar-refractivity contribution >= 4 is 0 Å². The van der Waals surface area contributed by atoms with Gasteiger partial charge in [0.15, 0.2) is 11.6 Å². The van der Waals surface area contributed by atoms with Crippen molar-refractivity contribution in [3.63, 3.8) is 0 Å². The van der Waals surface area contributed by atoms with Gasteiger partial charge in [0, 0.05) is 18.2 Å². The van der Waals surface area contributed by atoms with Gasteiger partial charge in [0.05, 0.1) is 5.69 Å². The lowest BCUT2D eigenvalue weighted by molar-refractivity contribution is 0.507. The van der Waals surface area contributed by atoms with Crippen molar-refractivity contribution < 1.29 is 13.2 Å². The van der Waals surface area contributed by atoms with E-state index in [0.717, 1.165) is 17.8 Å². The van der Waals surface area contributed by atoms with Gasteiger partial charge < -0.3 is 9.73 Å². The lowest BCUT2D eigenvalue weighted by Crippen LogP contribution is -2.21. The molecular formula is C13H14F2N2O. The number of nitrogens with one attached hydrogen (secondary N) is 1. The highest BCUT2D eigenvalue weighted by Crippen LogP contribution is 2.20. The van der Waals surface area contributed by atoms with Crippen molar-refractivity contribution in [3.05, 3.63) is 41.8 Å². The molecule has 0 aliphatic carbocycles. The highest BCUT2D eigenvalue weighted by Gasteiger charge is 2.10. The minimum atomic E-state index is -0.910. The first-order chi connectivity index (χ1) is 8.56.